The number of carbonyl (C=O) groups is 1. The highest BCUT2D eigenvalue weighted by Crippen LogP contribution is 2.04. The lowest BCUT2D eigenvalue weighted by Gasteiger charge is -2.24. The van der Waals surface area contributed by atoms with Crippen LogP contribution in [0.5, 0.6) is 0 Å². The van der Waals surface area contributed by atoms with Crippen molar-refractivity contribution in [2.45, 2.75) is 39.0 Å². The van der Waals surface area contributed by atoms with E-state index in [4.69, 9.17) is 0 Å². The molecule has 0 heterocycles. The van der Waals surface area contributed by atoms with Crippen molar-refractivity contribution in [3.05, 3.63) is 35.6 Å². The molecule has 5 heteroatoms. The highest BCUT2D eigenvalue weighted by Gasteiger charge is 2.17. The van der Waals surface area contributed by atoms with E-state index in [1.165, 1.54) is 12.1 Å². The first kappa shape index (κ1) is 16.6. The number of nitrogens with one attached hydrogen (secondary N) is 1. The van der Waals surface area contributed by atoms with Crippen LogP contribution in [0.15, 0.2) is 24.3 Å². The minimum Gasteiger partial charge on any atom is -0.393 e. The van der Waals surface area contributed by atoms with Gasteiger partial charge in [-0.1, -0.05) is 12.1 Å². The summed E-state index contributed by atoms with van der Waals surface area (Å²) in [5.41, 5.74) is 0.860. The van der Waals surface area contributed by atoms with E-state index in [-0.39, 0.29) is 23.9 Å². The minimum absolute atomic E-state index is 0.0811. The number of benzene rings is 1. The summed E-state index contributed by atoms with van der Waals surface area (Å²) >= 11 is 0. The van der Waals surface area contributed by atoms with Gasteiger partial charge in [0, 0.05) is 13.1 Å². The van der Waals surface area contributed by atoms with Crippen molar-refractivity contribution < 1.29 is 14.3 Å². The maximum atomic E-state index is 12.8. The van der Waals surface area contributed by atoms with Crippen LogP contribution < -0.4 is 5.32 Å². The van der Waals surface area contributed by atoms with Crippen molar-refractivity contribution in [2.75, 3.05) is 13.6 Å². The van der Waals surface area contributed by atoms with E-state index in [0.29, 0.717) is 19.5 Å². The van der Waals surface area contributed by atoms with Gasteiger partial charge in [-0.3, -0.25) is 9.69 Å². The van der Waals surface area contributed by atoms with Crippen LogP contribution in [0.1, 0.15) is 25.8 Å². The molecule has 20 heavy (non-hydrogen) atoms. The van der Waals surface area contributed by atoms with E-state index in [1.54, 1.807) is 19.1 Å². The number of rotatable bonds is 7. The summed E-state index contributed by atoms with van der Waals surface area (Å²) < 4.78 is 12.8. The van der Waals surface area contributed by atoms with E-state index in [1.807, 2.05) is 18.9 Å². The van der Waals surface area contributed by atoms with Gasteiger partial charge in [0.1, 0.15) is 5.82 Å². The third-order valence-electron chi connectivity index (χ3n) is 3.32. The molecule has 1 rings (SSSR count). The Hall–Kier alpha value is -1.46. The molecular weight excluding hydrogens is 259 g/mol. The maximum absolute atomic E-state index is 12.8. The molecule has 4 nitrogen and oxygen atoms in total. The van der Waals surface area contributed by atoms with Gasteiger partial charge in [-0.15, -0.1) is 0 Å². The Labute approximate surface area is 119 Å². The number of nitrogens with zero attached hydrogens (tertiary/aromatic N) is 1. The number of aliphatic hydroxyl groups is 1. The first-order valence-corrected chi connectivity index (χ1v) is 6.80. The summed E-state index contributed by atoms with van der Waals surface area (Å²) in [6.45, 7) is 4.59. The van der Waals surface area contributed by atoms with Crippen LogP contribution in [-0.2, 0) is 11.3 Å². The average molecular weight is 282 g/mol. The van der Waals surface area contributed by atoms with Gasteiger partial charge < -0.3 is 10.4 Å². The summed E-state index contributed by atoms with van der Waals surface area (Å²) in [7, 11) is 1.85. The van der Waals surface area contributed by atoms with Gasteiger partial charge in [-0.25, -0.2) is 4.39 Å². The molecule has 0 aliphatic rings. The SMILES string of the molecule is CC(O)CCN(C)C(C)C(=O)NCc1ccc(F)cc1. The monoisotopic (exact) mass is 282 g/mol. The van der Waals surface area contributed by atoms with Gasteiger partial charge >= 0.3 is 0 Å². The minimum atomic E-state index is -0.369. The van der Waals surface area contributed by atoms with E-state index < -0.39 is 0 Å². The smallest absolute Gasteiger partial charge is 0.237 e. The molecule has 1 amide bonds. The average Bonchev–Trinajstić information content (AvgIpc) is 2.42. The number of likely N-dealkylation sites (N-methyl/N-ethyl adjacent to an activating group) is 1. The lowest BCUT2D eigenvalue weighted by molar-refractivity contribution is -0.125. The van der Waals surface area contributed by atoms with E-state index in [0.717, 1.165) is 5.56 Å². The molecule has 0 aromatic heterocycles. The van der Waals surface area contributed by atoms with Crippen molar-refractivity contribution in [3.63, 3.8) is 0 Å². The molecule has 0 aliphatic heterocycles. The van der Waals surface area contributed by atoms with Gasteiger partial charge in [0.2, 0.25) is 5.91 Å². The quantitative estimate of drug-likeness (QED) is 0.797. The Morgan fingerprint density at radius 3 is 2.50 bits per heavy atom. The fourth-order valence-corrected chi connectivity index (χ4v) is 1.72. The molecule has 2 unspecified atom stereocenters. The molecule has 0 bridgehead atoms. The molecule has 0 radical (unpaired) electrons. The molecule has 1 aromatic carbocycles. The lowest BCUT2D eigenvalue weighted by atomic mass is 10.2. The zero-order chi connectivity index (χ0) is 15.1. The third-order valence-corrected chi connectivity index (χ3v) is 3.32. The van der Waals surface area contributed by atoms with Gasteiger partial charge in [0.15, 0.2) is 0 Å². The molecule has 0 saturated carbocycles. The highest BCUT2D eigenvalue weighted by molar-refractivity contribution is 5.81. The van der Waals surface area contributed by atoms with Crippen molar-refractivity contribution in [1.82, 2.24) is 10.2 Å². The number of hydrogen-bond donors (Lipinski definition) is 2. The van der Waals surface area contributed by atoms with Gasteiger partial charge in [-0.2, -0.15) is 0 Å². The van der Waals surface area contributed by atoms with Crippen LogP contribution in [0.4, 0.5) is 4.39 Å². The molecule has 2 atom stereocenters. The first-order chi connectivity index (χ1) is 9.40. The van der Waals surface area contributed by atoms with E-state index >= 15 is 0 Å². The van der Waals surface area contributed by atoms with Crippen LogP contribution in [0, 0.1) is 5.82 Å². The molecule has 112 valence electrons. The molecule has 1 aromatic rings. The zero-order valence-electron chi connectivity index (χ0n) is 12.3. The summed E-state index contributed by atoms with van der Waals surface area (Å²) in [6, 6.07) is 5.78. The highest BCUT2D eigenvalue weighted by atomic mass is 19.1. The van der Waals surface area contributed by atoms with Crippen LogP contribution in [0.2, 0.25) is 0 Å². The van der Waals surface area contributed by atoms with Crippen molar-refractivity contribution in [3.8, 4) is 0 Å². The number of aliphatic hydroxyl groups excluding tert-OH is 1. The Bertz CT molecular complexity index is 420. The Balaban J connectivity index is 2.39. The summed E-state index contributed by atoms with van der Waals surface area (Å²) in [4.78, 5) is 13.9. The molecule has 0 aliphatic carbocycles. The molecule has 2 N–H and O–H groups in total. The second-order valence-electron chi connectivity index (χ2n) is 5.14. The molecule has 0 spiro atoms. The molecule has 0 saturated heterocycles. The van der Waals surface area contributed by atoms with Crippen molar-refractivity contribution in [2.24, 2.45) is 0 Å². The topological polar surface area (TPSA) is 52.6 Å². The summed E-state index contributed by atoms with van der Waals surface area (Å²) in [5.74, 6) is -0.367. The zero-order valence-corrected chi connectivity index (χ0v) is 12.3. The van der Waals surface area contributed by atoms with Gasteiger partial charge in [0.25, 0.3) is 0 Å². The van der Waals surface area contributed by atoms with Crippen molar-refractivity contribution in [1.29, 1.82) is 0 Å². The number of halogens is 1. The van der Waals surface area contributed by atoms with Crippen LogP contribution in [-0.4, -0.2) is 41.7 Å². The molecular formula is C15H23FN2O2. The Morgan fingerprint density at radius 1 is 1.35 bits per heavy atom. The van der Waals surface area contributed by atoms with E-state index in [9.17, 15) is 14.3 Å². The van der Waals surface area contributed by atoms with Crippen LogP contribution >= 0.6 is 0 Å². The summed E-state index contributed by atoms with van der Waals surface area (Å²) in [6.07, 6.45) is 0.262. The Kier molecular flexibility index (Phi) is 6.61. The van der Waals surface area contributed by atoms with Gasteiger partial charge in [0.05, 0.1) is 12.1 Å². The predicted octanol–water partition coefficient (Wildman–Crippen LogP) is 1.53. The van der Waals surface area contributed by atoms with E-state index in [2.05, 4.69) is 5.32 Å². The standard InChI is InChI=1S/C15H23FN2O2/c1-11(19)8-9-18(3)12(2)15(20)17-10-13-4-6-14(16)7-5-13/h4-7,11-12,19H,8-10H2,1-3H3,(H,17,20). The summed E-state index contributed by atoms with van der Waals surface area (Å²) in [5, 5.41) is 12.1. The van der Waals surface area contributed by atoms with Crippen LogP contribution in [0.25, 0.3) is 0 Å². The fourth-order valence-electron chi connectivity index (χ4n) is 1.72. The molecule has 0 fully saturated rings. The third kappa shape index (κ3) is 5.67. The van der Waals surface area contributed by atoms with Crippen LogP contribution in [0.3, 0.4) is 0 Å². The fraction of sp³-hybridized carbons (Fsp3) is 0.533. The predicted molar refractivity (Wildman–Crippen MR) is 76.6 cm³/mol. The largest absolute Gasteiger partial charge is 0.393 e. The number of amides is 1. The number of hydrogen-bond acceptors (Lipinski definition) is 3. The number of carbonyl (C=O) groups excluding carboxylic acids is 1. The lowest BCUT2D eigenvalue weighted by Crippen LogP contribution is -2.43. The Morgan fingerprint density at radius 2 is 1.95 bits per heavy atom. The van der Waals surface area contributed by atoms with Gasteiger partial charge in [-0.05, 0) is 45.0 Å². The maximum Gasteiger partial charge on any atom is 0.237 e. The second-order valence-corrected chi connectivity index (χ2v) is 5.14. The first-order valence-electron chi connectivity index (χ1n) is 6.80. The van der Waals surface area contributed by atoms with Crippen molar-refractivity contribution >= 4 is 5.91 Å². The normalized spacial score (nSPS) is 14.1. The second kappa shape index (κ2) is 7.97.